The van der Waals surface area contributed by atoms with Gasteiger partial charge in [-0.15, -0.1) is 0 Å². The van der Waals surface area contributed by atoms with Gasteiger partial charge in [-0.05, 0) is 37.5 Å². The van der Waals surface area contributed by atoms with E-state index in [1.165, 1.54) is 0 Å². The van der Waals surface area contributed by atoms with E-state index in [1.54, 1.807) is 36.1 Å². The molecule has 1 aliphatic rings. The summed E-state index contributed by atoms with van der Waals surface area (Å²) in [5.74, 6) is -0.333. The van der Waals surface area contributed by atoms with Crippen molar-refractivity contribution >= 4 is 22.0 Å². The summed E-state index contributed by atoms with van der Waals surface area (Å²) >= 11 is 0. The number of benzene rings is 1. The Morgan fingerprint density at radius 1 is 1.21 bits per heavy atom. The smallest absolute Gasteiger partial charge is 0.306 e. The van der Waals surface area contributed by atoms with Gasteiger partial charge in [0, 0.05) is 26.1 Å². The number of ether oxygens (including phenoxy) is 2. The average Bonchev–Trinajstić information content (AvgIpc) is 3.13. The molecular formula is C19H27NO7S. The Morgan fingerprint density at radius 2 is 1.93 bits per heavy atom. The largest absolute Gasteiger partial charge is 0.466 e. The predicted octanol–water partition coefficient (Wildman–Crippen LogP) is 1.88. The molecule has 1 fully saturated rings. The van der Waals surface area contributed by atoms with Crippen molar-refractivity contribution in [3.8, 4) is 5.75 Å². The summed E-state index contributed by atoms with van der Waals surface area (Å²) in [6, 6.07) is 6.51. The fourth-order valence-corrected chi connectivity index (χ4v) is 3.40. The Kier molecular flexibility index (Phi) is 8.25. The molecule has 0 aliphatic carbocycles. The number of carbonyl (C=O) groups is 2. The molecule has 1 saturated heterocycles. The van der Waals surface area contributed by atoms with E-state index in [-0.39, 0.29) is 37.2 Å². The minimum absolute atomic E-state index is 0.0145. The summed E-state index contributed by atoms with van der Waals surface area (Å²) < 4.78 is 37.7. The predicted molar refractivity (Wildman–Crippen MR) is 102 cm³/mol. The maximum absolute atomic E-state index is 12.7. The Bertz CT molecular complexity index is 755. The van der Waals surface area contributed by atoms with Crippen LogP contribution in [0.4, 0.5) is 0 Å². The summed E-state index contributed by atoms with van der Waals surface area (Å²) in [5, 5.41) is 0. The van der Waals surface area contributed by atoms with Gasteiger partial charge >= 0.3 is 16.1 Å². The first kappa shape index (κ1) is 22.2. The van der Waals surface area contributed by atoms with Crippen molar-refractivity contribution in [3.63, 3.8) is 0 Å². The van der Waals surface area contributed by atoms with E-state index in [1.807, 2.05) is 0 Å². The molecule has 1 atom stereocenters. The van der Waals surface area contributed by atoms with Gasteiger partial charge in [-0.3, -0.25) is 9.59 Å². The Hall–Kier alpha value is -2.13. The minimum Gasteiger partial charge on any atom is -0.466 e. The molecule has 9 heteroatoms. The Labute approximate surface area is 165 Å². The maximum atomic E-state index is 12.7. The van der Waals surface area contributed by atoms with Crippen LogP contribution in [0, 0.1) is 0 Å². The van der Waals surface area contributed by atoms with Crippen LogP contribution >= 0.6 is 0 Å². The van der Waals surface area contributed by atoms with Crippen molar-refractivity contribution in [1.82, 2.24) is 4.90 Å². The summed E-state index contributed by atoms with van der Waals surface area (Å²) in [5.41, 5.74) is 0.823. The van der Waals surface area contributed by atoms with Crippen LogP contribution in [0.5, 0.6) is 5.75 Å². The van der Waals surface area contributed by atoms with Crippen molar-refractivity contribution in [3.05, 3.63) is 29.8 Å². The van der Waals surface area contributed by atoms with Crippen molar-refractivity contribution < 1.29 is 31.7 Å². The highest BCUT2D eigenvalue weighted by atomic mass is 32.2. The van der Waals surface area contributed by atoms with Crippen LogP contribution in [0.25, 0.3) is 0 Å². The lowest BCUT2D eigenvalue weighted by Gasteiger charge is -2.25. The van der Waals surface area contributed by atoms with E-state index >= 15 is 0 Å². The van der Waals surface area contributed by atoms with Crippen LogP contribution in [0.1, 0.15) is 38.2 Å². The lowest BCUT2D eigenvalue weighted by Crippen LogP contribution is -2.37. The van der Waals surface area contributed by atoms with Gasteiger partial charge in [0.25, 0.3) is 0 Å². The van der Waals surface area contributed by atoms with Crippen molar-refractivity contribution in [1.29, 1.82) is 0 Å². The zero-order valence-electron chi connectivity index (χ0n) is 16.3. The Balaban J connectivity index is 2.01. The number of esters is 1. The molecule has 28 heavy (non-hydrogen) atoms. The molecule has 1 aromatic rings. The summed E-state index contributed by atoms with van der Waals surface area (Å²) in [4.78, 5) is 25.9. The number of amides is 1. The van der Waals surface area contributed by atoms with Gasteiger partial charge in [-0.1, -0.05) is 12.1 Å². The maximum Gasteiger partial charge on any atom is 0.306 e. The van der Waals surface area contributed by atoms with Gasteiger partial charge in [-0.2, -0.15) is 8.42 Å². The second-order valence-electron chi connectivity index (χ2n) is 6.65. The van der Waals surface area contributed by atoms with Crippen LogP contribution in [-0.2, 0) is 35.7 Å². The van der Waals surface area contributed by atoms with Crippen LogP contribution in [0.15, 0.2) is 24.3 Å². The molecule has 0 aromatic heterocycles. The molecular weight excluding hydrogens is 386 g/mol. The van der Waals surface area contributed by atoms with E-state index in [9.17, 15) is 18.0 Å². The number of hydrogen-bond donors (Lipinski definition) is 0. The third kappa shape index (κ3) is 7.85. The molecule has 0 bridgehead atoms. The average molecular weight is 413 g/mol. The van der Waals surface area contributed by atoms with Crippen molar-refractivity contribution in [2.24, 2.45) is 0 Å². The third-order valence-electron chi connectivity index (χ3n) is 4.19. The van der Waals surface area contributed by atoms with E-state index in [0.717, 1.165) is 24.7 Å². The first-order chi connectivity index (χ1) is 13.3. The third-order valence-corrected chi connectivity index (χ3v) is 4.69. The fraction of sp³-hybridized carbons (Fsp3) is 0.579. The van der Waals surface area contributed by atoms with E-state index < -0.39 is 16.1 Å². The van der Waals surface area contributed by atoms with Crippen LogP contribution in [0.2, 0.25) is 0 Å². The van der Waals surface area contributed by atoms with Gasteiger partial charge in [0.05, 0.1) is 25.4 Å². The van der Waals surface area contributed by atoms with Gasteiger partial charge < -0.3 is 18.6 Å². The molecule has 8 nitrogen and oxygen atoms in total. The van der Waals surface area contributed by atoms with Gasteiger partial charge in [0.1, 0.15) is 5.75 Å². The molecule has 1 aliphatic heterocycles. The fourth-order valence-electron chi connectivity index (χ4n) is 2.93. The van der Waals surface area contributed by atoms with Crippen LogP contribution in [-0.4, -0.2) is 57.3 Å². The molecule has 1 aromatic carbocycles. The SMILES string of the molecule is CCOC(=O)CCC(=O)N(Cc1ccc(OS(C)(=O)=O)cc1)C[C@H]1CCCO1. The number of carbonyl (C=O) groups excluding carboxylic acids is 2. The molecule has 156 valence electrons. The number of rotatable bonds is 10. The number of hydrogen-bond acceptors (Lipinski definition) is 7. The zero-order chi connectivity index (χ0) is 20.6. The normalized spacial score (nSPS) is 16.6. The lowest BCUT2D eigenvalue weighted by molar-refractivity contribution is -0.146. The molecule has 0 saturated carbocycles. The molecule has 0 spiro atoms. The highest BCUT2D eigenvalue weighted by molar-refractivity contribution is 7.86. The highest BCUT2D eigenvalue weighted by Crippen LogP contribution is 2.19. The van der Waals surface area contributed by atoms with E-state index in [2.05, 4.69) is 0 Å². The van der Waals surface area contributed by atoms with Gasteiger partial charge in [0.15, 0.2) is 0 Å². The molecule has 2 rings (SSSR count). The molecule has 0 unspecified atom stereocenters. The van der Waals surface area contributed by atoms with Crippen molar-refractivity contribution in [2.45, 2.75) is 45.3 Å². The molecule has 1 amide bonds. The monoisotopic (exact) mass is 413 g/mol. The van der Waals surface area contributed by atoms with Crippen molar-refractivity contribution in [2.75, 3.05) is 26.0 Å². The summed E-state index contributed by atoms with van der Waals surface area (Å²) in [6.45, 7) is 3.48. The second-order valence-corrected chi connectivity index (χ2v) is 8.22. The van der Waals surface area contributed by atoms with Crippen LogP contribution < -0.4 is 4.18 Å². The molecule has 1 heterocycles. The first-order valence-electron chi connectivity index (χ1n) is 9.30. The molecule has 0 radical (unpaired) electrons. The van der Waals surface area contributed by atoms with E-state index in [0.29, 0.717) is 19.7 Å². The van der Waals surface area contributed by atoms with Crippen LogP contribution in [0.3, 0.4) is 0 Å². The van der Waals surface area contributed by atoms with E-state index in [4.69, 9.17) is 13.7 Å². The quantitative estimate of drug-likeness (QED) is 0.426. The Morgan fingerprint density at radius 3 is 2.50 bits per heavy atom. The second kappa shape index (κ2) is 10.4. The molecule has 0 N–H and O–H groups in total. The lowest BCUT2D eigenvalue weighted by atomic mass is 10.1. The minimum atomic E-state index is -3.59. The van der Waals surface area contributed by atoms with Gasteiger partial charge in [0.2, 0.25) is 5.91 Å². The summed E-state index contributed by atoms with van der Waals surface area (Å²) in [6.07, 6.45) is 2.93. The standard InChI is InChI=1S/C19H27NO7S/c1-3-25-19(22)11-10-18(21)20(14-17-5-4-12-26-17)13-15-6-8-16(9-7-15)27-28(2,23)24/h6-9,17H,3-5,10-14H2,1-2H3/t17-/m1/s1. The number of nitrogens with zero attached hydrogens (tertiary/aromatic N) is 1. The van der Waals surface area contributed by atoms with Gasteiger partial charge in [-0.25, -0.2) is 0 Å². The summed E-state index contributed by atoms with van der Waals surface area (Å²) in [7, 11) is -3.59. The zero-order valence-corrected chi connectivity index (χ0v) is 17.1. The topological polar surface area (TPSA) is 99.2 Å². The highest BCUT2D eigenvalue weighted by Gasteiger charge is 2.23. The first-order valence-corrected chi connectivity index (χ1v) is 11.1.